The van der Waals surface area contributed by atoms with E-state index in [0.29, 0.717) is 27.2 Å². The van der Waals surface area contributed by atoms with Crippen molar-refractivity contribution in [2.24, 2.45) is 0 Å². The van der Waals surface area contributed by atoms with Gasteiger partial charge in [-0.05, 0) is 88.4 Å². The fraction of sp³-hybridized carbons (Fsp3) is 0.148. The molecule has 0 aliphatic rings. The minimum Gasteiger partial charge on any atom is -0.493 e. The van der Waals surface area contributed by atoms with Crippen molar-refractivity contribution in [3.63, 3.8) is 0 Å². The first-order chi connectivity index (χ1) is 16.7. The number of carboxylic acids is 1. The van der Waals surface area contributed by atoms with Crippen LogP contribution in [0.3, 0.4) is 0 Å². The Hall–Kier alpha value is -4.09. The van der Waals surface area contributed by atoms with E-state index < -0.39 is 11.9 Å². The highest BCUT2D eigenvalue weighted by Crippen LogP contribution is 2.38. The molecule has 0 bridgehead atoms. The predicted octanol–water partition coefficient (Wildman–Crippen LogP) is 5.90. The number of aromatic carboxylic acids is 1. The van der Waals surface area contributed by atoms with Gasteiger partial charge in [-0.2, -0.15) is 5.26 Å². The molecule has 0 unspecified atom stereocenters. The average molecular weight is 535 g/mol. The molecular weight excluding hydrogens is 512 g/mol. The Labute approximate surface area is 211 Å². The first-order valence-electron chi connectivity index (χ1n) is 10.6. The molecule has 0 radical (unpaired) electrons. The molecule has 35 heavy (non-hydrogen) atoms. The molecule has 0 atom stereocenters. The number of halogens is 1. The van der Waals surface area contributed by atoms with Crippen molar-refractivity contribution in [3.05, 3.63) is 92.5 Å². The number of anilines is 1. The Morgan fingerprint density at radius 3 is 2.49 bits per heavy atom. The highest BCUT2D eigenvalue weighted by Gasteiger charge is 2.15. The summed E-state index contributed by atoms with van der Waals surface area (Å²) >= 11 is 3.47. The van der Waals surface area contributed by atoms with Gasteiger partial charge in [0.15, 0.2) is 11.5 Å². The van der Waals surface area contributed by atoms with Crippen LogP contribution in [-0.4, -0.2) is 24.1 Å². The number of carbonyl (C=O) groups is 2. The van der Waals surface area contributed by atoms with Gasteiger partial charge in [-0.1, -0.05) is 24.3 Å². The van der Waals surface area contributed by atoms with E-state index >= 15 is 0 Å². The van der Waals surface area contributed by atoms with Crippen molar-refractivity contribution in [1.29, 1.82) is 5.26 Å². The molecule has 0 saturated heterocycles. The number of ether oxygens (including phenoxy) is 2. The number of carbonyl (C=O) groups excluding carboxylic acids is 1. The number of nitrogens with one attached hydrogen (secondary N) is 1. The molecule has 2 N–H and O–H groups in total. The Morgan fingerprint density at radius 2 is 1.86 bits per heavy atom. The van der Waals surface area contributed by atoms with Crippen molar-refractivity contribution >= 4 is 39.6 Å². The lowest BCUT2D eigenvalue weighted by Crippen LogP contribution is -2.14. The Morgan fingerprint density at radius 1 is 1.14 bits per heavy atom. The van der Waals surface area contributed by atoms with Crippen LogP contribution in [0.15, 0.2) is 64.6 Å². The van der Waals surface area contributed by atoms with E-state index in [4.69, 9.17) is 14.6 Å². The lowest BCUT2D eigenvalue weighted by Gasteiger charge is -2.14. The van der Waals surface area contributed by atoms with Gasteiger partial charge in [0.2, 0.25) is 0 Å². The standard InChI is InChI=1S/C27H23BrN2O5/c1-16-5-4-6-23(17(16)2)30-26(31)21(14-29)11-19-12-22(28)25(24(13-19)34-3)35-15-18-7-9-20(10-8-18)27(32)33/h4-13H,15H2,1-3H3,(H,30,31)(H,32,33)/b21-11+. The molecule has 3 rings (SSSR count). The molecule has 3 aromatic carbocycles. The van der Waals surface area contributed by atoms with E-state index in [2.05, 4.69) is 21.2 Å². The van der Waals surface area contributed by atoms with E-state index in [-0.39, 0.29) is 17.7 Å². The molecule has 7 nitrogen and oxygen atoms in total. The van der Waals surface area contributed by atoms with Gasteiger partial charge in [0.1, 0.15) is 18.2 Å². The number of amides is 1. The molecule has 0 spiro atoms. The van der Waals surface area contributed by atoms with Crippen LogP contribution in [0.4, 0.5) is 5.69 Å². The van der Waals surface area contributed by atoms with Gasteiger partial charge >= 0.3 is 5.97 Å². The highest BCUT2D eigenvalue weighted by atomic mass is 79.9. The second kappa shape index (κ2) is 11.4. The van der Waals surface area contributed by atoms with E-state index in [1.165, 1.54) is 25.3 Å². The van der Waals surface area contributed by atoms with Crippen molar-refractivity contribution in [1.82, 2.24) is 0 Å². The van der Waals surface area contributed by atoms with Gasteiger partial charge in [0.05, 0.1) is 17.1 Å². The number of hydrogen-bond acceptors (Lipinski definition) is 5. The number of hydrogen-bond donors (Lipinski definition) is 2. The van der Waals surface area contributed by atoms with Gasteiger partial charge in [-0.25, -0.2) is 4.79 Å². The molecule has 1 amide bonds. The molecule has 0 aromatic heterocycles. The summed E-state index contributed by atoms with van der Waals surface area (Å²) < 4.78 is 11.9. The Balaban J connectivity index is 1.81. The zero-order chi connectivity index (χ0) is 25.5. The van der Waals surface area contributed by atoms with Crippen LogP contribution < -0.4 is 14.8 Å². The van der Waals surface area contributed by atoms with Crippen LogP contribution in [0.1, 0.15) is 32.6 Å². The smallest absolute Gasteiger partial charge is 0.335 e. The lowest BCUT2D eigenvalue weighted by molar-refractivity contribution is -0.112. The molecule has 0 aliphatic heterocycles. The third kappa shape index (κ3) is 6.28. The zero-order valence-electron chi connectivity index (χ0n) is 19.4. The normalized spacial score (nSPS) is 10.9. The van der Waals surface area contributed by atoms with E-state index in [0.717, 1.165) is 16.7 Å². The highest BCUT2D eigenvalue weighted by molar-refractivity contribution is 9.10. The Bertz CT molecular complexity index is 1340. The maximum atomic E-state index is 12.7. The molecule has 0 aliphatic carbocycles. The first-order valence-corrected chi connectivity index (χ1v) is 11.3. The van der Waals surface area contributed by atoms with Crippen LogP contribution in [0.2, 0.25) is 0 Å². The third-order valence-electron chi connectivity index (χ3n) is 5.36. The van der Waals surface area contributed by atoms with Gasteiger partial charge in [0, 0.05) is 5.69 Å². The van der Waals surface area contributed by atoms with Crippen LogP contribution in [0.25, 0.3) is 6.08 Å². The minimum atomic E-state index is -0.995. The van der Waals surface area contributed by atoms with E-state index in [1.807, 2.05) is 32.0 Å². The number of nitriles is 1. The summed E-state index contributed by atoms with van der Waals surface area (Å²) in [5.74, 6) is -0.670. The van der Waals surface area contributed by atoms with Crippen molar-refractivity contribution in [2.45, 2.75) is 20.5 Å². The van der Waals surface area contributed by atoms with Crippen LogP contribution in [0.5, 0.6) is 11.5 Å². The number of rotatable bonds is 8. The number of methoxy groups -OCH3 is 1. The quantitative estimate of drug-likeness (QED) is 0.275. The monoisotopic (exact) mass is 534 g/mol. The largest absolute Gasteiger partial charge is 0.493 e. The first kappa shape index (κ1) is 25.5. The van der Waals surface area contributed by atoms with Crippen molar-refractivity contribution < 1.29 is 24.2 Å². The molecule has 8 heteroatoms. The van der Waals surface area contributed by atoms with Gasteiger partial charge in [0.25, 0.3) is 5.91 Å². The zero-order valence-corrected chi connectivity index (χ0v) is 21.0. The Kier molecular flexibility index (Phi) is 8.29. The summed E-state index contributed by atoms with van der Waals surface area (Å²) in [7, 11) is 1.49. The average Bonchev–Trinajstić information content (AvgIpc) is 2.84. The number of nitrogens with zero attached hydrogens (tertiary/aromatic N) is 1. The van der Waals surface area contributed by atoms with Crippen LogP contribution >= 0.6 is 15.9 Å². The summed E-state index contributed by atoms with van der Waals surface area (Å²) in [5.41, 5.74) is 4.09. The van der Waals surface area contributed by atoms with Crippen LogP contribution in [0, 0.1) is 25.2 Å². The molecule has 3 aromatic rings. The van der Waals surface area contributed by atoms with Gasteiger partial charge < -0.3 is 19.9 Å². The fourth-order valence-corrected chi connectivity index (χ4v) is 3.83. The molecule has 178 valence electrons. The summed E-state index contributed by atoms with van der Waals surface area (Å²) in [4.78, 5) is 23.7. The summed E-state index contributed by atoms with van der Waals surface area (Å²) in [6.45, 7) is 4.04. The lowest BCUT2D eigenvalue weighted by atomic mass is 10.1. The van der Waals surface area contributed by atoms with Gasteiger partial charge in [-0.15, -0.1) is 0 Å². The third-order valence-corrected chi connectivity index (χ3v) is 5.95. The van der Waals surface area contributed by atoms with Crippen molar-refractivity contribution in [3.8, 4) is 17.6 Å². The summed E-state index contributed by atoms with van der Waals surface area (Å²) in [6, 6.07) is 17.3. The minimum absolute atomic E-state index is 0.0629. The topological polar surface area (TPSA) is 109 Å². The van der Waals surface area contributed by atoms with Crippen LogP contribution in [-0.2, 0) is 11.4 Å². The predicted molar refractivity (Wildman–Crippen MR) is 137 cm³/mol. The molecule has 0 heterocycles. The molecule has 0 saturated carbocycles. The van der Waals surface area contributed by atoms with E-state index in [1.54, 1.807) is 30.3 Å². The summed E-state index contributed by atoms with van der Waals surface area (Å²) in [6.07, 6.45) is 1.47. The van der Waals surface area contributed by atoms with E-state index in [9.17, 15) is 14.9 Å². The maximum absolute atomic E-state index is 12.7. The van der Waals surface area contributed by atoms with Gasteiger partial charge in [-0.3, -0.25) is 4.79 Å². The molecule has 0 fully saturated rings. The second-order valence-electron chi connectivity index (χ2n) is 7.70. The summed E-state index contributed by atoms with van der Waals surface area (Å²) in [5, 5.41) is 21.4. The fourth-order valence-electron chi connectivity index (χ4n) is 3.25. The van der Waals surface area contributed by atoms with Crippen molar-refractivity contribution in [2.75, 3.05) is 12.4 Å². The SMILES string of the molecule is COc1cc(/C=C(\C#N)C(=O)Nc2cccc(C)c2C)cc(Br)c1OCc1ccc(C(=O)O)cc1. The maximum Gasteiger partial charge on any atom is 0.335 e. The second-order valence-corrected chi connectivity index (χ2v) is 8.55. The number of aryl methyl sites for hydroxylation is 1. The number of carboxylic acid groups (broad SMARTS) is 1. The number of benzene rings is 3. The molecular formula is C27H23BrN2O5.